The Balaban J connectivity index is 1.49. The minimum atomic E-state index is 0.730. The van der Waals surface area contributed by atoms with Gasteiger partial charge in [0.15, 0.2) is 15.8 Å². The normalized spacial score (nSPS) is 14.4. The van der Waals surface area contributed by atoms with Gasteiger partial charge in [-0.25, -0.2) is 15.0 Å². The van der Waals surface area contributed by atoms with Gasteiger partial charge < -0.3 is 4.57 Å². The molecule has 5 nitrogen and oxygen atoms in total. The fourth-order valence-electron chi connectivity index (χ4n) is 3.11. The smallest absolute Gasteiger partial charge is 0.193 e. The maximum absolute atomic E-state index is 4.84. The third-order valence-electron chi connectivity index (χ3n) is 4.23. The van der Waals surface area contributed by atoms with Crippen molar-refractivity contribution in [1.82, 2.24) is 23.9 Å². The minimum Gasteiger partial charge on any atom is -0.323 e. The Morgan fingerprint density at radius 3 is 3.00 bits per heavy atom. The first-order chi connectivity index (χ1) is 11.4. The molecule has 4 aromatic heterocycles. The number of thiazole rings is 2. The first kappa shape index (κ1) is 13.4. The van der Waals surface area contributed by atoms with Crippen molar-refractivity contribution in [3.05, 3.63) is 46.4 Å². The second-order valence-corrected chi connectivity index (χ2v) is 7.76. The first-order valence-corrected chi connectivity index (χ1v) is 9.47. The molecule has 4 aromatic rings. The first-order valence-electron chi connectivity index (χ1n) is 7.78. The van der Waals surface area contributed by atoms with Crippen molar-refractivity contribution in [3.8, 4) is 10.8 Å². The zero-order valence-corrected chi connectivity index (χ0v) is 14.1. The molecular weight excluding hydrogens is 326 g/mol. The summed E-state index contributed by atoms with van der Waals surface area (Å²) >= 11 is 3.46. The van der Waals surface area contributed by atoms with Crippen LogP contribution in [-0.2, 0) is 19.4 Å². The van der Waals surface area contributed by atoms with Crippen LogP contribution in [-0.4, -0.2) is 23.9 Å². The second-order valence-electron chi connectivity index (χ2n) is 5.80. The van der Waals surface area contributed by atoms with Crippen molar-refractivity contribution < 1.29 is 0 Å². The molecule has 0 bridgehead atoms. The van der Waals surface area contributed by atoms with E-state index in [0.29, 0.717) is 0 Å². The summed E-state index contributed by atoms with van der Waals surface area (Å²) < 4.78 is 4.22. The van der Waals surface area contributed by atoms with Crippen LogP contribution in [0.1, 0.15) is 29.1 Å². The molecule has 0 saturated heterocycles. The Bertz CT molecular complexity index is 922. The van der Waals surface area contributed by atoms with Crippen LogP contribution in [0, 0.1) is 0 Å². The molecule has 0 unspecified atom stereocenters. The lowest BCUT2D eigenvalue weighted by atomic mass is 10.0. The molecule has 7 heteroatoms. The summed E-state index contributed by atoms with van der Waals surface area (Å²) in [6.07, 6.45) is 12.8. The lowest BCUT2D eigenvalue weighted by Gasteiger charge is -2.06. The molecule has 0 aliphatic heterocycles. The van der Waals surface area contributed by atoms with Gasteiger partial charge in [0, 0.05) is 35.0 Å². The topological polar surface area (TPSA) is 48.0 Å². The quantitative estimate of drug-likeness (QED) is 0.571. The maximum Gasteiger partial charge on any atom is 0.193 e. The largest absolute Gasteiger partial charge is 0.323 e. The highest BCUT2D eigenvalue weighted by atomic mass is 32.1. The van der Waals surface area contributed by atoms with Crippen molar-refractivity contribution in [3.63, 3.8) is 0 Å². The number of fused-ring (bicyclic) bond motifs is 2. The molecule has 1 aliphatic carbocycles. The molecule has 23 heavy (non-hydrogen) atoms. The van der Waals surface area contributed by atoms with Crippen molar-refractivity contribution in [1.29, 1.82) is 0 Å². The Hall–Kier alpha value is -1.99. The Morgan fingerprint density at radius 2 is 2.09 bits per heavy atom. The Labute approximate surface area is 141 Å². The number of nitrogens with zero attached hydrogens (tertiary/aromatic N) is 5. The summed E-state index contributed by atoms with van der Waals surface area (Å²) in [5.41, 5.74) is 2.34. The summed E-state index contributed by atoms with van der Waals surface area (Å²) in [4.78, 5) is 16.5. The number of imidazole rings is 2. The van der Waals surface area contributed by atoms with E-state index in [1.807, 2.05) is 18.6 Å². The average molecular weight is 341 g/mol. The number of hydrogen-bond donors (Lipinski definition) is 0. The van der Waals surface area contributed by atoms with E-state index in [1.54, 1.807) is 22.7 Å². The van der Waals surface area contributed by atoms with Crippen LogP contribution in [0.4, 0.5) is 0 Å². The van der Waals surface area contributed by atoms with E-state index in [4.69, 9.17) is 4.98 Å². The molecule has 1 aliphatic rings. The van der Waals surface area contributed by atoms with Gasteiger partial charge in [0.1, 0.15) is 0 Å². The van der Waals surface area contributed by atoms with Crippen molar-refractivity contribution >= 4 is 27.6 Å². The number of aromatic nitrogens is 5. The van der Waals surface area contributed by atoms with Gasteiger partial charge in [-0.15, -0.1) is 22.7 Å². The molecule has 0 N–H and O–H groups in total. The Kier molecular flexibility index (Phi) is 3.09. The molecule has 0 amide bonds. The van der Waals surface area contributed by atoms with Gasteiger partial charge >= 0.3 is 0 Å². The fourth-order valence-corrected chi connectivity index (χ4v) is 4.99. The Morgan fingerprint density at radius 1 is 1.13 bits per heavy atom. The SMILES string of the molecule is c1cn(Cc2cn3ccsc3n2)c(-c2nc3c(s2)CCCC3)n1. The molecule has 4 heterocycles. The van der Waals surface area contributed by atoms with E-state index < -0.39 is 0 Å². The van der Waals surface area contributed by atoms with Crippen LogP contribution in [0.15, 0.2) is 30.2 Å². The van der Waals surface area contributed by atoms with E-state index in [1.165, 1.54) is 29.8 Å². The molecule has 5 rings (SSSR count). The molecule has 0 atom stereocenters. The van der Waals surface area contributed by atoms with Crippen LogP contribution in [0.25, 0.3) is 15.8 Å². The summed E-state index contributed by atoms with van der Waals surface area (Å²) in [5.74, 6) is 0.959. The van der Waals surface area contributed by atoms with Crippen molar-refractivity contribution in [2.24, 2.45) is 0 Å². The molecule has 0 fully saturated rings. The number of rotatable bonds is 3. The highest BCUT2D eigenvalue weighted by Gasteiger charge is 2.19. The predicted molar refractivity (Wildman–Crippen MR) is 92.1 cm³/mol. The lowest BCUT2D eigenvalue weighted by molar-refractivity contribution is 0.682. The van der Waals surface area contributed by atoms with E-state index >= 15 is 0 Å². The number of aryl methyl sites for hydroxylation is 2. The fraction of sp³-hybridized carbons (Fsp3) is 0.312. The summed E-state index contributed by atoms with van der Waals surface area (Å²) in [7, 11) is 0. The zero-order chi connectivity index (χ0) is 15.2. The molecular formula is C16H15N5S2. The van der Waals surface area contributed by atoms with Crippen LogP contribution in [0.3, 0.4) is 0 Å². The highest BCUT2D eigenvalue weighted by Crippen LogP contribution is 2.32. The second kappa shape index (κ2) is 5.28. The van der Waals surface area contributed by atoms with Crippen molar-refractivity contribution in [2.75, 3.05) is 0 Å². The zero-order valence-electron chi connectivity index (χ0n) is 12.5. The third-order valence-corrected chi connectivity index (χ3v) is 6.15. The molecule has 0 saturated carbocycles. The number of hydrogen-bond acceptors (Lipinski definition) is 5. The van der Waals surface area contributed by atoms with Gasteiger partial charge in [0.25, 0.3) is 0 Å². The van der Waals surface area contributed by atoms with Gasteiger partial charge in [0.05, 0.1) is 17.9 Å². The predicted octanol–water partition coefficient (Wildman–Crippen LogP) is 3.64. The lowest BCUT2D eigenvalue weighted by Crippen LogP contribution is -2.02. The van der Waals surface area contributed by atoms with Gasteiger partial charge in [-0.05, 0) is 25.7 Å². The summed E-state index contributed by atoms with van der Waals surface area (Å²) in [6.45, 7) is 0.730. The maximum atomic E-state index is 4.84. The van der Waals surface area contributed by atoms with Crippen LogP contribution in [0.5, 0.6) is 0 Å². The summed E-state index contributed by atoms with van der Waals surface area (Å²) in [6, 6.07) is 0. The van der Waals surface area contributed by atoms with E-state index in [-0.39, 0.29) is 0 Å². The molecule has 0 radical (unpaired) electrons. The summed E-state index contributed by atoms with van der Waals surface area (Å²) in [5, 5.41) is 3.09. The van der Waals surface area contributed by atoms with Gasteiger partial charge in [-0.1, -0.05) is 0 Å². The molecule has 116 valence electrons. The van der Waals surface area contributed by atoms with Gasteiger partial charge in [0.2, 0.25) is 0 Å². The monoisotopic (exact) mass is 341 g/mol. The van der Waals surface area contributed by atoms with Gasteiger partial charge in [-0.3, -0.25) is 4.40 Å². The molecule has 0 aromatic carbocycles. The van der Waals surface area contributed by atoms with E-state index in [0.717, 1.165) is 34.5 Å². The standard InChI is InChI=1S/C16H15N5S2/c1-2-4-13-12(3-1)19-15(23-13)14-17-5-6-20(14)9-11-10-21-7-8-22-16(21)18-11/h5-8,10H,1-4,9H2. The average Bonchev–Trinajstić information content (AvgIpc) is 3.29. The minimum absolute atomic E-state index is 0.730. The van der Waals surface area contributed by atoms with Gasteiger partial charge in [-0.2, -0.15) is 0 Å². The highest BCUT2D eigenvalue weighted by molar-refractivity contribution is 7.15. The van der Waals surface area contributed by atoms with E-state index in [9.17, 15) is 0 Å². The van der Waals surface area contributed by atoms with Crippen molar-refractivity contribution in [2.45, 2.75) is 32.2 Å². The molecule has 0 spiro atoms. The van der Waals surface area contributed by atoms with E-state index in [2.05, 4.69) is 30.5 Å². The van der Waals surface area contributed by atoms with Crippen LogP contribution < -0.4 is 0 Å². The van der Waals surface area contributed by atoms with Crippen LogP contribution in [0.2, 0.25) is 0 Å². The third kappa shape index (κ3) is 2.31. The van der Waals surface area contributed by atoms with Crippen LogP contribution >= 0.6 is 22.7 Å².